The zero-order valence-corrected chi connectivity index (χ0v) is 14.0. The first-order valence-corrected chi connectivity index (χ1v) is 8.27. The Morgan fingerprint density at radius 1 is 1.14 bits per heavy atom. The normalized spacial score (nSPS) is 12.0. The van der Waals surface area contributed by atoms with E-state index in [4.69, 9.17) is 0 Å². The number of hydrogen-bond acceptors (Lipinski definition) is 2. The predicted octanol–water partition coefficient (Wildman–Crippen LogP) is 4.52. The van der Waals surface area contributed by atoms with E-state index < -0.39 is 0 Å². The lowest BCUT2D eigenvalue weighted by Crippen LogP contribution is -2.34. The lowest BCUT2D eigenvalue weighted by molar-refractivity contribution is 0.0932. The molecule has 0 saturated heterocycles. The second-order valence-corrected chi connectivity index (χ2v) is 5.66. The molecule has 1 aromatic rings. The van der Waals surface area contributed by atoms with Gasteiger partial charge in [0.1, 0.15) is 0 Å². The van der Waals surface area contributed by atoms with Gasteiger partial charge in [-0.1, -0.05) is 33.1 Å². The first-order valence-electron chi connectivity index (χ1n) is 8.27. The van der Waals surface area contributed by atoms with Crippen molar-refractivity contribution in [3.05, 3.63) is 29.3 Å². The molecule has 118 valence electrons. The van der Waals surface area contributed by atoms with Crippen molar-refractivity contribution < 1.29 is 4.79 Å². The monoisotopic (exact) mass is 290 g/mol. The van der Waals surface area contributed by atoms with Gasteiger partial charge in [0.15, 0.2) is 0 Å². The third-order valence-corrected chi connectivity index (χ3v) is 3.73. The molecule has 1 aromatic carbocycles. The number of nitrogens with one attached hydrogen (secondary N) is 2. The summed E-state index contributed by atoms with van der Waals surface area (Å²) in [5.74, 6) is 0.0516. The lowest BCUT2D eigenvalue weighted by Gasteiger charge is -2.18. The van der Waals surface area contributed by atoms with Crippen molar-refractivity contribution >= 4 is 11.6 Å². The Morgan fingerprint density at radius 2 is 1.90 bits per heavy atom. The number of unbranched alkanes of at least 4 members (excludes halogenated alkanes) is 1. The summed E-state index contributed by atoms with van der Waals surface area (Å²) in [5, 5.41) is 6.49. The molecular weight excluding hydrogens is 260 g/mol. The highest BCUT2D eigenvalue weighted by Crippen LogP contribution is 2.17. The maximum atomic E-state index is 12.4. The smallest absolute Gasteiger partial charge is 0.251 e. The molecule has 1 unspecified atom stereocenters. The van der Waals surface area contributed by atoms with Crippen molar-refractivity contribution in [1.29, 1.82) is 0 Å². The highest BCUT2D eigenvalue weighted by atomic mass is 16.1. The van der Waals surface area contributed by atoms with Gasteiger partial charge in [0.05, 0.1) is 0 Å². The Labute approximate surface area is 129 Å². The number of rotatable bonds is 9. The van der Waals surface area contributed by atoms with Crippen LogP contribution >= 0.6 is 0 Å². The number of hydrogen-bond donors (Lipinski definition) is 2. The van der Waals surface area contributed by atoms with E-state index in [2.05, 4.69) is 31.4 Å². The van der Waals surface area contributed by atoms with E-state index in [0.717, 1.165) is 42.6 Å². The molecule has 0 aromatic heterocycles. The van der Waals surface area contributed by atoms with Crippen molar-refractivity contribution in [2.24, 2.45) is 0 Å². The number of carbonyl (C=O) groups is 1. The van der Waals surface area contributed by atoms with Crippen LogP contribution in [0.15, 0.2) is 18.2 Å². The van der Waals surface area contributed by atoms with E-state index in [1.54, 1.807) is 0 Å². The molecule has 3 heteroatoms. The van der Waals surface area contributed by atoms with Gasteiger partial charge in [-0.25, -0.2) is 0 Å². The molecule has 0 bridgehead atoms. The van der Waals surface area contributed by atoms with Crippen LogP contribution in [-0.2, 0) is 0 Å². The summed E-state index contributed by atoms with van der Waals surface area (Å²) >= 11 is 0. The maximum Gasteiger partial charge on any atom is 0.251 e. The molecule has 0 aliphatic heterocycles. The summed E-state index contributed by atoms with van der Waals surface area (Å²) in [4.78, 5) is 12.4. The maximum absolute atomic E-state index is 12.4. The van der Waals surface area contributed by atoms with Crippen molar-refractivity contribution in [2.75, 3.05) is 11.9 Å². The quantitative estimate of drug-likeness (QED) is 0.702. The SMILES string of the molecule is CCCCC(CCC)NC(=O)c1ccc(NCC)c(C)c1. The highest BCUT2D eigenvalue weighted by Gasteiger charge is 2.13. The third-order valence-electron chi connectivity index (χ3n) is 3.73. The number of benzene rings is 1. The van der Waals surface area contributed by atoms with Gasteiger partial charge in [0.25, 0.3) is 5.91 Å². The molecule has 1 rings (SSSR count). The molecule has 21 heavy (non-hydrogen) atoms. The second-order valence-electron chi connectivity index (χ2n) is 5.66. The van der Waals surface area contributed by atoms with Crippen molar-refractivity contribution in [1.82, 2.24) is 5.32 Å². The average Bonchev–Trinajstić information content (AvgIpc) is 2.47. The van der Waals surface area contributed by atoms with Gasteiger partial charge < -0.3 is 10.6 Å². The van der Waals surface area contributed by atoms with Gasteiger partial charge in [-0.2, -0.15) is 0 Å². The van der Waals surface area contributed by atoms with Gasteiger partial charge in [-0.15, -0.1) is 0 Å². The fourth-order valence-electron chi connectivity index (χ4n) is 2.55. The van der Waals surface area contributed by atoms with E-state index in [9.17, 15) is 4.79 Å². The molecule has 1 amide bonds. The predicted molar refractivity (Wildman–Crippen MR) is 91.0 cm³/mol. The molecule has 0 heterocycles. The molecular formula is C18H30N2O. The molecule has 0 aliphatic rings. The Bertz CT molecular complexity index is 443. The fraction of sp³-hybridized carbons (Fsp3) is 0.611. The summed E-state index contributed by atoms with van der Waals surface area (Å²) in [6.45, 7) is 9.36. The number of carbonyl (C=O) groups excluding carboxylic acids is 1. The third kappa shape index (κ3) is 5.78. The van der Waals surface area contributed by atoms with Gasteiger partial charge in [0.2, 0.25) is 0 Å². The zero-order valence-electron chi connectivity index (χ0n) is 14.0. The standard InChI is InChI=1S/C18H30N2O/c1-5-8-10-16(9-6-2)20-18(21)15-11-12-17(19-7-3)14(4)13-15/h11-13,16,19H,5-10H2,1-4H3,(H,20,21). The minimum atomic E-state index is 0.0516. The first-order chi connectivity index (χ1) is 10.1. The van der Waals surface area contributed by atoms with Crippen LogP contribution in [0.25, 0.3) is 0 Å². The second kappa shape index (κ2) is 9.43. The van der Waals surface area contributed by atoms with Crippen LogP contribution in [0.3, 0.4) is 0 Å². The van der Waals surface area contributed by atoms with Crippen LogP contribution in [0.4, 0.5) is 5.69 Å². The molecule has 0 saturated carbocycles. The Morgan fingerprint density at radius 3 is 2.48 bits per heavy atom. The minimum absolute atomic E-state index is 0.0516. The average molecular weight is 290 g/mol. The topological polar surface area (TPSA) is 41.1 Å². The molecule has 2 N–H and O–H groups in total. The van der Waals surface area contributed by atoms with Crippen LogP contribution in [0, 0.1) is 6.92 Å². The Hall–Kier alpha value is -1.51. The first kappa shape index (κ1) is 17.5. The molecule has 3 nitrogen and oxygen atoms in total. The van der Waals surface area contributed by atoms with Gasteiger partial charge in [-0.05, 0) is 50.5 Å². The van der Waals surface area contributed by atoms with Crippen molar-refractivity contribution in [3.8, 4) is 0 Å². The number of amides is 1. The summed E-state index contributed by atoms with van der Waals surface area (Å²) in [6.07, 6.45) is 5.58. The van der Waals surface area contributed by atoms with Gasteiger partial charge in [-0.3, -0.25) is 4.79 Å². The van der Waals surface area contributed by atoms with Crippen LogP contribution in [0.2, 0.25) is 0 Å². The molecule has 0 spiro atoms. The fourth-order valence-corrected chi connectivity index (χ4v) is 2.55. The van der Waals surface area contributed by atoms with Crippen LogP contribution in [0.5, 0.6) is 0 Å². The lowest BCUT2D eigenvalue weighted by atomic mass is 10.0. The number of aryl methyl sites for hydroxylation is 1. The minimum Gasteiger partial charge on any atom is -0.385 e. The van der Waals surface area contributed by atoms with E-state index in [1.165, 1.54) is 12.8 Å². The molecule has 0 radical (unpaired) electrons. The summed E-state index contributed by atoms with van der Waals surface area (Å²) in [6, 6.07) is 6.17. The van der Waals surface area contributed by atoms with Gasteiger partial charge in [0, 0.05) is 23.8 Å². The Balaban J connectivity index is 2.70. The zero-order chi connectivity index (χ0) is 15.7. The van der Waals surface area contributed by atoms with Gasteiger partial charge >= 0.3 is 0 Å². The van der Waals surface area contributed by atoms with Crippen LogP contribution in [-0.4, -0.2) is 18.5 Å². The van der Waals surface area contributed by atoms with Crippen molar-refractivity contribution in [2.45, 2.75) is 65.8 Å². The molecule has 1 atom stereocenters. The molecule has 0 fully saturated rings. The van der Waals surface area contributed by atoms with Crippen molar-refractivity contribution in [3.63, 3.8) is 0 Å². The van der Waals surface area contributed by atoms with Crippen LogP contribution < -0.4 is 10.6 Å². The summed E-state index contributed by atoms with van der Waals surface area (Å²) in [5.41, 5.74) is 2.97. The number of anilines is 1. The van der Waals surface area contributed by atoms with E-state index in [0.29, 0.717) is 6.04 Å². The summed E-state index contributed by atoms with van der Waals surface area (Å²) < 4.78 is 0. The highest BCUT2D eigenvalue weighted by molar-refractivity contribution is 5.95. The summed E-state index contributed by atoms with van der Waals surface area (Å²) in [7, 11) is 0. The van der Waals surface area contributed by atoms with E-state index >= 15 is 0 Å². The van der Waals surface area contributed by atoms with Crippen LogP contribution in [0.1, 0.15) is 68.8 Å². The Kier molecular flexibility index (Phi) is 7.88. The van der Waals surface area contributed by atoms with E-state index in [1.807, 2.05) is 25.1 Å². The van der Waals surface area contributed by atoms with E-state index in [-0.39, 0.29) is 5.91 Å². The molecule has 0 aliphatic carbocycles. The largest absolute Gasteiger partial charge is 0.385 e.